The third-order valence-corrected chi connectivity index (χ3v) is 3.78. The van der Waals surface area contributed by atoms with Gasteiger partial charge in [0.15, 0.2) is 0 Å². The fourth-order valence-electron chi connectivity index (χ4n) is 1.70. The average Bonchev–Trinajstić information content (AvgIpc) is 2.59. The van der Waals surface area contributed by atoms with Crippen molar-refractivity contribution in [2.75, 3.05) is 13.2 Å². The maximum atomic E-state index is 9.15. The van der Waals surface area contributed by atoms with Gasteiger partial charge in [-0.05, 0) is 17.9 Å². The van der Waals surface area contributed by atoms with Crippen LogP contribution >= 0.6 is 11.3 Å². The summed E-state index contributed by atoms with van der Waals surface area (Å²) < 4.78 is 0. The molecular weight excluding hydrogens is 170 g/mol. The van der Waals surface area contributed by atoms with Crippen LogP contribution in [0.5, 0.6) is 0 Å². The third-order valence-electron chi connectivity index (χ3n) is 2.80. The first-order valence-corrected chi connectivity index (χ1v) is 5.05. The predicted octanol–water partition coefficient (Wildman–Crippen LogP) is 1.17. The van der Waals surface area contributed by atoms with E-state index in [9.17, 15) is 0 Å². The first-order valence-electron chi connectivity index (χ1n) is 4.17. The van der Waals surface area contributed by atoms with Crippen molar-refractivity contribution in [1.82, 2.24) is 0 Å². The molecule has 0 radical (unpaired) electrons. The summed E-state index contributed by atoms with van der Waals surface area (Å²) in [5.74, 6) is 0.521. The molecule has 0 saturated heterocycles. The molecule has 2 nitrogen and oxygen atoms in total. The summed E-state index contributed by atoms with van der Waals surface area (Å²) >= 11 is 1.76. The molecule has 0 aliphatic heterocycles. The second kappa shape index (κ2) is 2.83. The van der Waals surface area contributed by atoms with Gasteiger partial charge in [-0.3, -0.25) is 0 Å². The van der Waals surface area contributed by atoms with E-state index in [1.54, 1.807) is 11.3 Å². The highest BCUT2D eigenvalue weighted by molar-refractivity contribution is 7.10. The Bertz CT molecular complexity index is 254. The van der Waals surface area contributed by atoms with Crippen molar-refractivity contribution in [2.45, 2.75) is 12.3 Å². The van der Waals surface area contributed by atoms with Crippen molar-refractivity contribution >= 4 is 11.3 Å². The second-order valence-electron chi connectivity index (χ2n) is 3.50. The lowest BCUT2D eigenvalue weighted by atomic mass is 10.1. The van der Waals surface area contributed by atoms with Crippen molar-refractivity contribution in [3.8, 4) is 0 Å². The van der Waals surface area contributed by atoms with E-state index in [1.165, 1.54) is 4.88 Å². The highest BCUT2D eigenvalue weighted by Crippen LogP contribution is 2.59. The summed E-state index contributed by atoms with van der Waals surface area (Å²) in [6.07, 6.45) is 1.06. The van der Waals surface area contributed by atoms with Gasteiger partial charge in [-0.15, -0.1) is 11.3 Å². The fraction of sp³-hybridized carbons (Fsp3) is 0.556. The Kier molecular flexibility index (Phi) is 1.94. The van der Waals surface area contributed by atoms with Crippen LogP contribution in [0.4, 0.5) is 0 Å². The third kappa shape index (κ3) is 1.09. The standard InChI is InChI=1S/C9H13NOS/c10-5-9(6-11)4-7(9)8-2-1-3-12-8/h1-3,7,11H,4-6,10H2. The van der Waals surface area contributed by atoms with Crippen LogP contribution < -0.4 is 5.73 Å². The number of thiophene rings is 1. The quantitative estimate of drug-likeness (QED) is 0.739. The molecule has 1 heterocycles. The number of rotatable bonds is 3. The van der Waals surface area contributed by atoms with Gasteiger partial charge in [0.1, 0.15) is 0 Å². The van der Waals surface area contributed by atoms with Gasteiger partial charge >= 0.3 is 0 Å². The van der Waals surface area contributed by atoms with Crippen molar-refractivity contribution in [3.05, 3.63) is 22.4 Å². The second-order valence-corrected chi connectivity index (χ2v) is 4.48. The molecule has 1 aromatic heterocycles. The molecule has 1 fully saturated rings. The van der Waals surface area contributed by atoms with Crippen molar-refractivity contribution < 1.29 is 5.11 Å². The van der Waals surface area contributed by atoms with Gasteiger partial charge in [0.05, 0.1) is 6.61 Å². The molecule has 3 heteroatoms. The smallest absolute Gasteiger partial charge is 0.0505 e. The summed E-state index contributed by atoms with van der Waals surface area (Å²) in [6.45, 7) is 0.831. The highest BCUT2D eigenvalue weighted by Gasteiger charge is 2.53. The lowest BCUT2D eigenvalue weighted by Gasteiger charge is -2.09. The first kappa shape index (κ1) is 8.23. The molecule has 2 atom stereocenters. The van der Waals surface area contributed by atoms with Crippen LogP contribution in [0.15, 0.2) is 17.5 Å². The van der Waals surface area contributed by atoms with Crippen molar-refractivity contribution in [1.29, 1.82) is 0 Å². The highest BCUT2D eigenvalue weighted by atomic mass is 32.1. The largest absolute Gasteiger partial charge is 0.396 e. The molecule has 2 unspecified atom stereocenters. The van der Waals surface area contributed by atoms with Gasteiger partial charge in [0, 0.05) is 22.8 Å². The topological polar surface area (TPSA) is 46.2 Å². The molecule has 0 aromatic carbocycles. The number of hydrogen-bond acceptors (Lipinski definition) is 3. The summed E-state index contributed by atoms with van der Waals surface area (Å²) in [6, 6.07) is 4.18. The Labute approximate surface area is 76.0 Å². The van der Waals surface area contributed by atoms with E-state index in [4.69, 9.17) is 10.8 Å². The zero-order valence-electron chi connectivity index (χ0n) is 6.86. The van der Waals surface area contributed by atoms with Crippen LogP contribution in [0.1, 0.15) is 17.2 Å². The van der Waals surface area contributed by atoms with Gasteiger partial charge in [-0.25, -0.2) is 0 Å². The van der Waals surface area contributed by atoms with E-state index in [1.807, 2.05) is 0 Å². The van der Waals surface area contributed by atoms with E-state index in [-0.39, 0.29) is 12.0 Å². The lowest BCUT2D eigenvalue weighted by Crippen LogP contribution is -2.21. The minimum atomic E-state index is 0.0187. The molecule has 1 saturated carbocycles. The summed E-state index contributed by atoms with van der Waals surface area (Å²) in [5.41, 5.74) is 5.64. The average molecular weight is 183 g/mol. The van der Waals surface area contributed by atoms with Gasteiger partial charge in [-0.1, -0.05) is 6.07 Å². The molecule has 3 N–H and O–H groups in total. The SMILES string of the molecule is NCC1(CO)CC1c1cccs1. The summed E-state index contributed by atoms with van der Waals surface area (Å²) in [4.78, 5) is 1.37. The Morgan fingerprint density at radius 2 is 2.58 bits per heavy atom. The van der Waals surface area contributed by atoms with Crippen LogP contribution in [0.25, 0.3) is 0 Å². The van der Waals surface area contributed by atoms with E-state index >= 15 is 0 Å². The Hall–Kier alpha value is -0.380. The number of hydrogen-bond donors (Lipinski definition) is 2. The van der Waals surface area contributed by atoms with E-state index in [0.29, 0.717) is 12.5 Å². The van der Waals surface area contributed by atoms with Crippen LogP contribution in [0.3, 0.4) is 0 Å². The zero-order valence-corrected chi connectivity index (χ0v) is 7.68. The van der Waals surface area contributed by atoms with E-state index in [0.717, 1.165) is 6.42 Å². The molecule has 1 aliphatic carbocycles. The van der Waals surface area contributed by atoms with Crippen LogP contribution in [0.2, 0.25) is 0 Å². The normalized spacial score (nSPS) is 33.7. The van der Waals surface area contributed by atoms with Gasteiger partial charge in [0.2, 0.25) is 0 Å². The minimum Gasteiger partial charge on any atom is -0.396 e. The molecule has 0 spiro atoms. The van der Waals surface area contributed by atoms with Crippen LogP contribution in [-0.2, 0) is 0 Å². The van der Waals surface area contributed by atoms with E-state index in [2.05, 4.69) is 17.5 Å². The van der Waals surface area contributed by atoms with Crippen LogP contribution in [-0.4, -0.2) is 18.3 Å². The van der Waals surface area contributed by atoms with E-state index < -0.39 is 0 Å². The molecule has 66 valence electrons. The molecule has 12 heavy (non-hydrogen) atoms. The molecular formula is C9H13NOS. The van der Waals surface area contributed by atoms with Gasteiger partial charge < -0.3 is 10.8 Å². The summed E-state index contributed by atoms with van der Waals surface area (Å²) in [5, 5.41) is 11.2. The Morgan fingerprint density at radius 1 is 1.75 bits per heavy atom. The number of aliphatic hydroxyl groups is 1. The molecule has 1 aliphatic rings. The summed E-state index contributed by atoms with van der Waals surface area (Å²) in [7, 11) is 0. The monoisotopic (exact) mass is 183 g/mol. The Morgan fingerprint density at radius 3 is 3.00 bits per heavy atom. The molecule has 0 bridgehead atoms. The lowest BCUT2D eigenvalue weighted by molar-refractivity contribution is 0.212. The first-order chi connectivity index (χ1) is 5.82. The van der Waals surface area contributed by atoms with Crippen molar-refractivity contribution in [2.24, 2.45) is 11.1 Å². The van der Waals surface area contributed by atoms with Gasteiger partial charge in [-0.2, -0.15) is 0 Å². The fourth-order valence-corrected chi connectivity index (χ4v) is 2.67. The molecule has 1 aromatic rings. The number of aliphatic hydroxyl groups excluding tert-OH is 1. The zero-order chi connectivity index (χ0) is 8.60. The minimum absolute atomic E-state index is 0.0187. The Balaban J connectivity index is 2.12. The van der Waals surface area contributed by atoms with Crippen LogP contribution in [0, 0.1) is 5.41 Å². The number of nitrogens with two attached hydrogens (primary N) is 1. The maximum Gasteiger partial charge on any atom is 0.0505 e. The maximum absolute atomic E-state index is 9.15. The molecule has 2 rings (SSSR count). The molecule has 0 amide bonds. The van der Waals surface area contributed by atoms with Crippen molar-refractivity contribution in [3.63, 3.8) is 0 Å². The predicted molar refractivity (Wildman–Crippen MR) is 50.3 cm³/mol. The van der Waals surface area contributed by atoms with Gasteiger partial charge in [0.25, 0.3) is 0 Å².